The predicted octanol–water partition coefficient (Wildman–Crippen LogP) is 2.29. The number of carbonyl (C=O) groups excluding carboxylic acids is 1. The van der Waals surface area contributed by atoms with Crippen molar-refractivity contribution in [3.05, 3.63) is 42.5 Å². The molecule has 0 atom stereocenters. The monoisotopic (exact) mass is 336 g/mol. The molecule has 1 saturated heterocycles. The number of carbonyl (C=O) groups is 1. The molecule has 0 bridgehead atoms. The van der Waals surface area contributed by atoms with Gasteiger partial charge in [0.2, 0.25) is 11.9 Å². The second-order valence-corrected chi connectivity index (χ2v) is 5.73. The summed E-state index contributed by atoms with van der Waals surface area (Å²) in [5, 5.41) is 0. The molecule has 7 heteroatoms. The van der Waals surface area contributed by atoms with Gasteiger partial charge in [0.1, 0.15) is 5.82 Å². The molecule has 122 valence electrons. The number of aromatic nitrogens is 2. The van der Waals surface area contributed by atoms with E-state index >= 15 is 0 Å². The summed E-state index contributed by atoms with van der Waals surface area (Å²) in [6.07, 6.45) is 3.77. The first-order valence-electron chi connectivity index (χ1n) is 7.57. The van der Waals surface area contributed by atoms with Crippen molar-refractivity contribution in [3.8, 4) is 5.69 Å². The van der Waals surface area contributed by atoms with Crippen molar-refractivity contribution in [3.63, 3.8) is 0 Å². The molecule has 1 aromatic heterocycles. The van der Waals surface area contributed by atoms with Crippen molar-refractivity contribution in [2.75, 3.05) is 37.0 Å². The van der Waals surface area contributed by atoms with Crippen LogP contribution in [0.15, 0.2) is 36.7 Å². The number of nitrogens with zero attached hydrogens (tertiary/aromatic N) is 4. The van der Waals surface area contributed by atoms with Gasteiger partial charge in [0.15, 0.2) is 0 Å². The van der Waals surface area contributed by atoms with Gasteiger partial charge in [-0.15, -0.1) is 11.6 Å². The fourth-order valence-corrected chi connectivity index (χ4v) is 2.92. The van der Waals surface area contributed by atoms with Gasteiger partial charge in [-0.1, -0.05) is 12.1 Å². The second kappa shape index (κ2) is 7.00. The minimum absolute atomic E-state index is 0.0806. The largest absolute Gasteiger partial charge is 0.339 e. The average molecular weight is 337 g/mol. The Morgan fingerprint density at radius 2 is 1.96 bits per heavy atom. The van der Waals surface area contributed by atoms with E-state index in [2.05, 4.69) is 9.88 Å². The Balaban J connectivity index is 1.74. The number of halogens is 2. The molecule has 5 nitrogen and oxygen atoms in total. The van der Waals surface area contributed by atoms with E-state index in [1.165, 1.54) is 6.07 Å². The van der Waals surface area contributed by atoms with E-state index in [0.29, 0.717) is 50.1 Å². The van der Waals surface area contributed by atoms with E-state index in [1.54, 1.807) is 35.2 Å². The maximum atomic E-state index is 14.0. The highest BCUT2D eigenvalue weighted by Crippen LogP contribution is 2.21. The summed E-state index contributed by atoms with van der Waals surface area (Å²) in [5.74, 6) is 0.829. The molecule has 2 aromatic rings. The van der Waals surface area contributed by atoms with Crippen molar-refractivity contribution in [2.45, 2.75) is 6.42 Å². The van der Waals surface area contributed by atoms with Gasteiger partial charge in [0.25, 0.3) is 0 Å². The first-order valence-corrected chi connectivity index (χ1v) is 8.11. The molecule has 0 unspecified atom stereocenters. The van der Waals surface area contributed by atoms with Crippen LogP contribution in [-0.4, -0.2) is 52.4 Å². The number of anilines is 1. The molecule has 2 heterocycles. The maximum absolute atomic E-state index is 14.0. The number of amides is 1. The standard InChI is InChI=1S/C16H18ClFN4O/c17-6-5-15(23)20-9-11-21(12-10-20)16-19-7-8-22(16)14-4-2-1-3-13(14)18/h1-4,7-8H,5-6,9-12H2. The van der Waals surface area contributed by atoms with Gasteiger partial charge in [-0.25, -0.2) is 9.37 Å². The van der Waals surface area contributed by atoms with Crippen LogP contribution in [0.3, 0.4) is 0 Å². The molecule has 1 amide bonds. The van der Waals surface area contributed by atoms with Crippen molar-refractivity contribution in [2.24, 2.45) is 0 Å². The Hall–Kier alpha value is -2.08. The molecule has 0 radical (unpaired) electrons. The number of piperazine rings is 1. The van der Waals surface area contributed by atoms with Crippen molar-refractivity contribution < 1.29 is 9.18 Å². The van der Waals surface area contributed by atoms with Gasteiger partial charge in [-0.2, -0.15) is 0 Å². The molecule has 3 rings (SSSR count). The molecule has 1 aliphatic rings. The van der Waals surface area contributed by atoms with Crippen LogP contribution in [0.4, 0.5) is 10.3 Å². The van der Waals surface area contributed by atoms with E-state index in [9.17, 15) is 9.18 Å². The number of imidazole rings is 1. The number of alkyl halides is 1. The SMILES string of the molecule is O=C(CCCl)N1CCN(c2nccn2-c2ccccc2F)CC1. The zero-order valence-corrected chi connectivity index (χ0v) is 13.4. The quantitative estimate of drug-likeness (QED) is 0.804. The van der Waals surface area contributed by atoms with Crippen molar-refractivity contribution in [1.29, 1.82) is 0 Å². The van der Waals surface area contributed by atoms with Crippen molar-refractivity contribution in [1.82, 2.24) is 14.5 Å². The minimum Gasteiger partial charge on any atom is -0.339 e. The highest BCUT2D eigenvalue weighted by molar-refractivity contribution is 6.18. The Kier molecular flexibility index (Phi) is 4.81. The molecule has 0 aliphatic carbocycles. The Labute approximate surface area is 139 Å². The van der Waals surface area contributed by atoms with Crippen LogP contribution in [0.1, 0.15) is 6.42 Å². The van der Waals surface area contributed by atoms with Crippen LogP contribution in [0.2, 0.25) is 0 Å². The fraction of sp³-hybridized carbons (Fsp3) is 0.375. The molecule has 0 saturated carbocycles. The lowest BCUT2D eigenvalue weighted by Gasteiger charge is -2.35. The lowest BCUT2D eigenvalue weighted by molar-refractivity contribution is -0.131. The molecule has 1 aliphatic heterocycles. The third kappa shape index (κ3) is 3.32. The molecule has 1 fully saturated rings. The van der Waals surface area contributed by atoms with E-state index in [-0.39, 0.29) is 11.7 Å². The molecule has 0 N–H and O–H groups in total. The van der Waals surface area contributed by atoms with Crippen LogP contribution < -0.4 is 4.90 Å². The lowest BCUT2D eigenvalue weighted by atomic mass is 10.3. The van der Waals surface area contributed by atoms with E-state index in [0.717, 1.165) is 0 Å². The van der Waals surface area contributed by atoms with Crippen LogP contribution in [-0.2, 0) is 4.79 Å². The van der Waals surface area contributed by atoms with Gasteiger partial charge >= 0.3 is 0 Å². The zero-order valence-electron chi connectivity index (χ0n) is 12.7. The third-order valence-corrected chi connectivity index (χ3v) is 4.15. The zero-order chi connectivity index (χ0) is 16.2. The summed E-state index contributed by atoms with van der Waals surface area (Å²) in [6.45, 7) is 2.58. The van der Waals surface area contributed by atoms with Crippen LogP contribution in [0.25, 0.3) is 5.69 Å². The van der Waals surface area contributed by atoms with E-state index < -0.39 is 0 Å². The number of hydrogen-bond donors (Lipinski definition) is 0. The number of hydrogen-bond acceptors (Lipinski definition) is 3. The number of rotatable bonds is 4. The van der Waals surface area contributed by atoms with Crippen LogP contribution in [0.5, 0.6) is 0 Å². The molecule has 0 spiro atoms. The molecular weight excluding hydrogens is 319 g/mol. The van der Waals surface area contributed by atoms with Gasteiger partial charge in [-0.3, -0.25) is 9.36 Å². The summed E-state index contributed by atoms with van der Waals surface area (Å²) in [6, 6.07) is 6.62. The van der Waals surface area contributed by atoms with E-state index in [1.807, 2.05) is 4.90 Å². The van der Waals surface area contributed by atoms with E-state index in [4.69, 9.17) is 11.6 Å². The fourth-order valence-electron chi connectivity index (χ4n) is 2.76. The third-order valence-electron chi connectivity index (χ3n) is 3.96. The molecule has 23 heavy (non-hydrogen) atoms. The smallest absolute Gasteiger partial charge is 0.223 e. The summed E-state index contributed by atoms with van der Waals surface area (Å²) < 4.78 is 15.8. The van der Waals surface area contributed by atoms with Gasteiger partial charge in [0, 0.05) is 50.9 Å². The Morgan fingerprint density at radius 3 is 2.65 bits per heavy atom. The molecule has 1 aromatic carbocycles. The van der Waals surface area contributed by atoms with Gasteiger partial charge in [-0.05, 0) is 12.1 Å². The van der Waals surface area contributed by atoms with Crippen molar-refractivity contribution >= 4 is 23.5 Å². The Morgan fingerprint density at radius 1 is 1.22 bits per heavy atom. The lowest BCUT2D eigenvalue weighted by Crippen LogP contribution is -2.49. The predicted molar refractivity (Wildman–Crippen MR) is 87.7 cm³/mol. The van der Waals surface area contributed by atoms with Gasteiger partial charge < -0.3 is 9.80 Å². The van der Waals surface area contributed by atoms with Gasteiger partial charge in [0.05, 0.1) is 5.69 Å². The highest BCUT2D eigenvalue weighted by atomic mass is 35.5. The maximum Gasteiger partial charge on any atom is 0.223 e. The highest BCUT2D eigenvalue weighted by Gasteiger charge is 2.23. The van der Waals surface area contributed by atoms with Crippen LogP contribution >= 0.6 is 11.6 Å². The summed E-state index contributed by atoms with van der Waals surface area (Å²) in [7, 11) is 0. The number of benzene rings is 1. The number of para-hydroxylation sites is 1. The first-order chi connectivity index (χ1) is 11.2. The first kappa shape index (κ1) is 15.8. The summed E-state index contributed by atoms with van der Waals surface area (Å²) >= 11 is 5.62. The normalized spacial score (nSPS) is 15.0. The average Bonchev–Trinajstić information content (AvgIpc) is 3.05. The Bertz CT molecular complexity index is 682. The van der Waals surface area contributed by atoms with Crippen LogP contribution in [0, 0.1) is 5.82 Å². The summed E-state index contributed by atoms with van der Waals surface area (Å²) in [4.78, 5) is 20.1. The second-order valence-electron chi connectivity index (χ2n) is 5.36. The minimum atomic E-state index is -0.289. The summed E-state index contributed by atoms with van der Waals surface area (Å²) in [5.41, 5.74) is 0.473. The molecular formula is C16H18ClFN4O. The topological polar surface area (TPSA) is 41.4 Å².